The number of fused-ring (bicyclic) bond motifs is 3. The average molecular weight is 817 g/mol. The third-order valence-corrected chi connectivity index (χ3v) is 17.4. The molecule has 5 aliphatic rings. The van der Waals surface area contributed by atoms with E-state index in [1.807, 2.05) is 0 Å². The minimum Gasteiger partial charge on any atom is -0.0760 e. The quantitative estimate of drug-likeness (QED) is 0.156. The summed E-state index contributed by atoms with van der Waals surface area (Å²) in [5.41, 5.74) is 20.0. The summed E-state index contributed by atoms with van der Waals surface area (Å²) in [5.74, 6) is 1.84. The molecule has 8 aromatic carbocycles. The van der Waals surface area contributed by atoms with Gasteiger partial charge in [-0.15, -0.1) is 0 Å². The number of allylic oxidation sites excluding steroid dienone is 2. The molecule has 1 saturated carbocycles. The Morgan fingerprint density at radius 1 is 0.571 bits per heavy atom. The van der Waals surface area contributed by atoms with Gasteiger partial charge in [0.15, 0.2) is 0 Å². The molecule has 3 unspecified atom stereocenters. The Labute approximate surface area is 373 Å². The first-order chi connectivity index (χ1) is 30.3. The fourth-order valence-electron chi connectivity index (χ4n) is 13.8. The number of hydrogen-bond acceptors (Lipinski definition) is 0. The maximum Gasteiger partial charge on any atom is 0.00247 e. The van der Waals surface area contributed by atoms with Crippen LogP contribution in [0.3, 0.4) is 0 Å². The van der Waals surface area contributed by atoms with Gasteiger partial charge in [0.2, 0.25) is 0 Å². The molecule has 13 rings (SSSR count). The van der Waals surface area contributed by atoms with Crippen molar-refractivity contribution in [2.24, 2.45) is 11.3 Å². The molecule has 0 nitrogen and oxygen atoms in total. The number of rotatable bonds is 3. The molecule has 5 aliphatic carbocycles. The van der Waals surface area contributed by atoms with E-state index in [9.17, 15) is 0 Å². The van der Waals surface area contributed by atoms with Crippen molar-refractivity contribution in [3.8, 4) is 22.3 Å². The van der Waals surface area contributed by atoms with Crippen LogP contribution in [0, 0.1) is 11.3 Å². The van der Waals surface area contributed by atoms with Crippen LogP contribution in [0.25, 0.3) is 82.6 Å². The topological polar surface area (TPSA) is 0 Å². The average Bonchev–Trinajstić information content (AvgIpc) is 3.96. The Bertz CT molecular complexity index is 3460. The van der Waals surface area contributed by atoms with Gasteiger partial charge in [-0.2, -0.15) is 0 Å². The predicted octanol–water partition coefficient (Wildman–Crippen LogP) is 16.0. The van der Waals surface area contributed by atoms with E-state index in [2.05, 4.69) is 171 Å². The summed E-state index contributed by atoms with van der Waals surface area (Å²) < 4.78 is 0. The highest BCUT2D eigenvalue weighted by atomic mass is 14.7. The lowest BCUT2D eigenvalue weighted by molar-refractivity contribution is 0.402. The third kappa shape index (κ3) is 5.28. The maximum absolute atomic E-state index is 2.67. The molecule has 0 radical (unpaired) electrons. The lowest BCUT2D eigenvalue weighted by Gasteiger charge is -2.32. The van der Waals surface area contributed by atoms with Gasteiger partial charge in [-0.3, -0.25) is 0 Å². The van der Waals surface area contributed by atoms with Gasteiger partial charge in [-0.05, 0) is 187 Å². The summed E-state index contributed by atoms with van der Waals surface area (Å²) in [4.78, 5) is 0. The molecule has 0 saturated heterocycles. The van der Waals surface area contributed by atoms with Crippen molar-refractivity contribution in [3.63, 3.8) is 0 Å². The molecule has 0 amide bonds. The molecule has 0 N–H and O–H groups in total. The van der Waals surface area contributed by atoms with Crippen molar-refractivity contribution in [1.82, 2.24) is 0 Å². The van der Waals surface area contributed by atoms with Crippen molar-refractivity contribution in [1.29, 1.82) is 0 Å². The largest absolute Gasteiger partial charge is 0.0760 e. The Kier molecular flexibility index (Phi) is 7.75. The van der Waals surface area contributed by atoms with E-state index in [0.29, 0.717) is 17.3 Å². The molecule has 0 aromatic heterocycles. The Morgan fingerprint density at radius 2 is 1.25 bits per heavy atom. The van der Waals surface area contributed by atoms with Crippen LogP contribution in [-0.2, 0) is 10.8 Å². The van der Waals surface area contributed by atoms with Crippen LogP contribution in [0.5, 0.6) is 0 Å². The van der Waals surface area contributed by atoms with E-state index in [4.69, 9.17) is 0 Å². The molecule has 8 aromatic rings. The summed E-state index contributed by atoms with van der Waals surface area (Å²) in [6.07, 6.45) is 11.3. The zero-order valence-electron chi connectivity index (χ0n) is 38.7. The van der Waals surface area contributed by atoms with Gasteiger partial charge in [0, 0.05) is 5.41 Å². The van der Waals surface area contributed by atoms with Gasteiger partial charge in [0.1, 0.15) is 0 Å². The zero-order chi connectivity index (χ0) is 42.9. The van der Waals surface area contributed by atoms with Gasteiger partial charge in [0.25, 0.3) is 0 Å². The molecule has 4 atom stereocenters. The van der Waals surface area contributed by atoms with Gasteiger partial charge in [-0.25, -0.2) is 0 Å². The van der Waals surface area contributed by atoms with Crippen LogP contribution >= 0.6 is 0 Å². The van der Waals surface area contributed by atoms with E-state index in [0.717, 1.165) is 18.8 Å². The number of hydrogen-bond donors (Lipinski definition) is 0. The Balaban J connectivity index is 1.10. The molecule has 0 bridgehead atoms. The molecule has 63 heavy (non-hydrogen) atoms. The van der Waals surface area contributed by atoms with Crippen LogP contribution in [0.2, 0.25) is 0 Å². The second-order valence-corrected chi connectivity index (χ2v) is 22.8. The summed E-state index contributed by atoms with van der Waals surface area (Å²) in [5, 5.41) is 14.0. The first-order valence-electron chi connectivity index (χ1n) is 24.3. The summed E-state index contributed by atoms with van der Waals surface area (Å²) >= 11 is 0. The molecular formula is C63H60. The number of benzene rings is 8. The van der Waals surface area contributed by atoms with E-state index >= 15 is 0 Å². The fourth-order valence-corrected chi connectivity index (χ4v) is 13.8. The minimum atomic E-state index is 0.0831. The van der Waals surface area contributed by atoms with E-state index in [1.54, 1.807) is 27.8 Å². The highest BCUT2D eigenvalue weighted by Gasteiger charge is 2.62. The molecule has 0 heterocycles. The van der Waals surface area contributed by atoms with Crippen LogP contribution in [0.15, 0.2) is 115 Å². The van der Waals surface area contributed by atoms with Crippen LogP contribution < -0.4 is 10.4 Å². The van der Waals surface area contributed by atoms with Gasteiger partial charge < -0.3 is 0 Å². The van der Waals surface area contributed by atoms with Crippen molar-refractivity contribution in [3.05, 3.63) is 159 Å². The molecule has 1 fully saturated rings. The van der Waals surface area contributed by atoms with Gasteiger partial charge in [0.05, 0.1) is 0 Å². The predicted molar refractivity (Wildman–Crippen MR) is 271 cm³/mol. The summed E-state index contributed by atoms with van der Waals surface area (Å²) in [7, 11) is 0. The van der Waals surface area contributed by atoms with Crippen molar-refractivity contribution in [2.45, 2.75) is 123 Å². The normalized spacial score (nSPS) is 22.7. The zero-order valence-corrected chi connectivity index (χ0v) is 38.7. The SMILES string of the molecule is CC1c2cc(-c3c(C4=c5ccc6cc(C(C)(C)C)cc7c6c5C(CC=7)CC4)cccc3-c3ccc4ccc5cc(C(C)(C)C)cc6ccc3c4c56)ccc2C2=C3[C@@H](CCCC2)C31C. The standard InChI is InChI=1S/C63H60/c1-35-53-34-42(22-27-47(53)52-12-9-10-15-54-60(52)63(35,54)8)57-48(45-25-20-36-16-18-38-30-43(61(2,3)4)32-40-23-28-50(45)58(36)55(38)40)13-11-14-49(57)46-26-21-37-17-19-39-31-44(62(5,6)7)33-41-24-29-51(46)59(37)56(39)41/h11,13-14,16,18-20,22-25,27-35,37,54H,9-10,12,15,17,21,26H2,1-8H3/t35?,37?,54-,63?/m1/s1. The van der Waals surface area contributed by atoms with Crippen molar-refractivity contribution < 1.29 is 0 Å². The lowest BCUT2D eigenvalue weighted by atomic mass is 9.72. The van der Waals surface area contributed by atoms with E-state index in [1.165, 1.54) is 130 Å². The molecule has 0 aliphatic heterocycles. The molecule has 0 heteroatoms. The Hall–Kier alpha value is -5.46. The first kappa shape index (κ1) is 38.0. The van der Waals surface area contributed by atoms with Crippen LogP contribution in [-0.4, -0.2) is 0 Å². The van der Waals surface area contributed by atoms with Crippen LogP contribution in [0.4, 0.5) is 0 Å². The smallest absolute Gasteiger partial charge is 0.00247 e. The highest BCUT2D eigenvalue weighted by molar-refractivity contribution is 6.26. The highest BCUT2D eigenvalue weighted by Crippen LogP contribution is 2.73. The summed E-state index contributed by atoms with van der Waals surface area (Å²) in [6, 6.07) is 44.3. The van der Waals surface area contributed by atoms with Crippen LogP contribution in [0.1, 0.15) is 146 Å². The second-order valence-electron chi connectivity index (χ2n) is 22.8. The van der Waals surface area contributed by atoms with Crippen molar-refractivity contribution >= 4 is 60.3 Å². The molecular weight excluding hydrogens is 757 g/mol. The summed E-state index contributed by atoms with van der Waals surface area (Å²) in [6.45, 7) is 19.2. The van der Waals surface area contributed by atoms with E-state index in [-0.39, 0.29) is 10.8 Å². The second kappa shape index (κ2) is 12.8. The van der Waals surface area contributed by atoms with E-state index < -0.39 is 0 Å². The monoisotopic (exact) mass is 816 g/mol. The Morgan fingerprint density at radius 3 is 2.05 bits per heavy atom. The van der Waals surface area contributed by atoms with Gasteiger partial charge in [-0.1, -0.05) is 183 Å². The van der Waals surface area contributed by atoms with Gasteiger partial charge >= 0.3 is 0 Å². The third-order valence-electron chi connectivity index (χ3n) is 17.4. The maximum atomic E-state index is 2.67. The lowest BCUT2D eigenvalue weighted by Crippen LogP contribution is -2.28. The first-order valence-corrected chi connectivity index (χ1v) is 24.3. The minimum absolute atomic E-state index is 0.0831. The van der Waals surface area contributed by atoms with Crippen molar-refractivity contribution in [2.75, 3.05) is 0 Å². The molecule has 312 valence electrons. The molecule has 0 spiro atoms. The fraction of sp³-hybridized carbons (Fsp3) is 0.333.